The van der Waals surface area contributed by atoms with Crippen molar-refractivity contribution in [1.29, 1.82) is 0 Å². The molecule has 0 saturated carbocycles. The van der Waals surface area contributed by atoms with Gasteiger partial charge in [-0.2, -0.15) is 0 Å². The van der Waals surface area contributed by atoms with Gasteiger partial charge in [0.1, 0.15) is 0 Å². The number of hydrogen-bond donors (Lipinski definition) is 1. The maximum Gasteiger partial charge on any atom is 0.0556 e. The molecule has 0 aliphatic carbocycles. The van der Waals surface area contributed by atoms with Crippen molar-refractivity contribution < 1.29 is 9.47 Å². The summed E-state index contributed by atoms with van der Waals surface area (Å²) >= 11 is 0. The van der Waals surface area contributed by atoms with E-state index >= 15 is 0 Å². The molecule has 0 unspecified atom stereocenters. The van der Waals surface area contributed by atoms with Gasteiger partial charge in [0, 0.05) is 25.2 Å². The van der Waals surface area contributed by atoms with Crippen molar-refractivity contribution in [3.63, 3.8) is 0 Å². The molecule has 4 heteroatoms. The molecule has 0 spiro atoms. The average molecular weight is 246 g/mol. The Balaban J connectivity index is 4.22. The van der Waals surface area contributed by atoms with Crippen LogP contribution in [0.4, 0.5) is 0 Å². The van der Waals surface area contributed by atoms with Gasteiger partial charge in [0.05, 0.1) is 13.2 Å². The van der Waals surface area contributed by atoms with E-state index in [9.17, 15) is 0 Å². The molecule has 17 heavy (non-hydrogen) atoms. The zero-order valence-corrected chi connectivity index (χ0v) is 12.0. The highest BCUT2D eigenvalue weighted by atomic mass is 16.5. The third-order valence-corrected chi connectivity index (χ3v) is 2.97. The summed E-state index contributed by atoms with van der Waals surface area (Å²) in [6, 6.07) is 0. The van der Waals surface area contributed by atoms with E-state index in [1.807, 2.05) is 13.8 Å². The topological polar surface area (TPSA) is 47.7 Å². The molecule has 0 heterocycles. The van der Waals surface area contributed by atoms with Crippen LogP contribution < -0.4 is 5.73 Å². The van der Waals surface area contributed by atoms with Gasteiger partial charge in [-0.05, 0) is 47.3 Å². The van der Waals surface area contributed by atoms with Gasteiger partial charge in [-0.1, -0.05) is 0 Å². The first kappa shape index (κ1) is 16.8. The standard InChI is InChI=1S/C13H30N2O2/c1-5-16-11-13(10-14,12-17-6-2)8-7-9-15(3)4/h5-12,14H2,1-4H3. The van der Waals surface area contributed by atoms with Crippen LogP contribution in [0.15, 0.2) is 0 Å². The van der Waals surface area contributed by atoms with E-state index in [2.05, 4.69) is 19.0 Å². The zero-order chi connectivity index (χ0) is 13.1. The molecule has 0 bridgehead atoms. The van der Waals surface area contributed by atoms with Crippen molar-refractivity contribution in [1.82, 2.24) is 4.90 Å². The molecule has 0 aliphatic heterocycles. The highest BCUT2D eigenvalue weighted by molar-refractivity contribution is 4.80. The Hall–Kier alpha value is -0.160. The molecule has 0 aromatic rings. The molecule has 0 aliphatic rings. The predicted octanol–water partition coefficient (Wildman–Crippen LogP) is 1.35. The number of hydrogen-bond acceptors (Lipinski definition) is 4. The summed E-state index contributed by atoms with van der Waals surface area (Å²) in [7, 11) is 4.18. The number of rotatable bonds is 11. The zero-order valence-electron chi connectivity index (χ0n) is 12.0. The number of nitrogens with two attached hydrogens (primary N) is 1. The highest BCUT2D eigenvalue weighted by Crippen LogP contribution is 2.24. The lowest BCUT2D eigenvalue weighted by Crippen LogP contribution is -2.40. The lowest BCUT2D eigenvalue weighted by molar-refractivity contribution is -0.0181. The Morgan fingerprint density at radius 1 is 1.06 bits per heavy atom. The molecule has 0 aromatic carbocycles. The highest BCUT2D eigenvalue weighted by Gasteiger charge is 2.28. The molecule has 104 valence electrons. The molecule has 0 atom stereocenters. The van der Waals surface area contributed by atoms with Crippen LogP contribution in [0.3, 0.4) is 0 Å². The van der Waals surface area contributed by atoms with Crippen molar-refractivity contribution in [2.75, 3.05) is 53.6 Å². The van der Waals surface area contributed by atoms with Gasteiger partial charge in [-0.3, -0.25) is 0 Å². The molecular weight excluding hydrogens is 216 g/mol. The lowest BCUT2D eigenvalue weighted by Gasteiger charge is -2.32. The Bertz CT molecular complexity index is 167. The Kier molecular flexibility index (Phi) is 9.74. The van der Waals surface area contributed by atoms with Crippen LogP contribution in [0.2, 0.25) is 0 Å². The Labute approximate surface area is 106 Å². The summed E-state index contributed by atoms with van der Waals surface area (Å²) in [5, 5.41) is 0. The fraction of sp³-hybridized carbons (Fsp3) is 1.00. The summed E-state index contributed by atoms with van der Waals surface area (Å²) in [5.74, 6) is 0. The van der Waals surface area contributed by atoms with E-state index in [1.165, 1.54) is 0 Å². The van der Waals surface area contributed by atoms with Gasteiger partial charge < -0.3 is 20.1 Å². The Morgan fingerprint density at radius 3 is 1.94 bits per heavy atom. The molecule has 2 N–H and O–H groups in total. The smallest absolute Gasteiger partial charge is 0.0556 e. The summed E-state index contributed by atoms with van der Waals surface area (Å²) in [6.07, 6.45) is 2.19. The minimum atomic E-state index is -0.0119. The molecule has 0 amide bonds. The first-order chi connectivity index (χ1) is 8.10. The molecule has 0 aromatic heterocycles. The van der Waals surface area contributed by atoms with Gasteiger partial charge in [0.2, 0.25) is 0 Å². The maximum absolute atomic E-state index is 5.93. The van der Waals surface area contributed by atoms with Crippen LogP contribution >= 0.6 is 0 Å². The fourth-order valence-corrected chi connectivity index (χ4v) is 1.81. The lowest BCUT2D eigenvalue weighted by atomic mass is 9.84. The second kappa shape index (κ2) is 9.83. The summed E-state index contributed by atoms with van der Waals surface area (Å²) < 4.78 is 11.1. The molecule has 0 radical (unpaired) electrons. The van der Waals surface area contributed by atoms with Gasteiger partial charge >= 0.3 is 0 Å². The van der Waals surface area contributed by atoms with Crippen molar-refractivity contribution >= 4 is 0 Å². The average Bonchev–Trinajstić information content (AvgIpc) is 2.32. The quantitative estimate of drug-likeness (QED) is 0.598. The van der Waals surface area contributed by atoms with Crippen molar-refractivity contribution in [3.05, 3.63) is 0 Å². The van der Waals surface area contributed by atoms with Crippen LogP contribution in [0.25, 0.3) is 0 Å². The fourth-order valence-electron chi connectivity index (χ4n) is 1.81. The predicted molar refractivity (Wildman–Crippen MR) is 72.3 cm³/mol. The maximum atomic E-state index is 5.93. The molecule has 0 saturated heterocycles. The van der Waals surface area contributed by atoms with Gasteiger partial charge in [0.25, 0.3) is 0 Å². The SMILES string of the molecule is CCOCC(CN)(CCCN(C)C)COCC. The number of nitrogens with zero attached hydrogens (tertiary/aromatic N) is 1. The monoisotopic (exact) mass is 246 g/mol. The second-order valence-electron chi connectivity index (χ2n) is 4.89. The second-order valence-corrected chi connectivity index (χ2v) is 4.89. The molecule has 4 nitrogen and oxygen atoms in total. The van der Waals surface area contributed by atoms with Crippen molar-refractivity contribution in [2.45, 2.75) is 26.7 Å². The van der Waals surface area contributed by atoms with E-state index in [0.717, 1.165) is 32.6 Å². The Morgan fingerprint density at radius 2 is 1.59 bits per heavy atom. The molecular formula is C13H30N2O2. The van der Waals surface area contributed by atoms with E-state index < -0.39 is 0 Å². The van der Waals surface area contributed by atoms with Crippen molar-refractivity contribution in [2.24, 2.45) is 11.1 Å². The van der Waals surface area contributed by atoms with Crippen LogP contribution in [-0.4, -0.2) is 58.5 Å². The third kappa shape index (κ3) is 7.71. The minimum Gasteiger partial charge on any atom is -0.381 e. The van der Waals surface area contributed by atoms with E-state index in [-0.39, 0.29) is 5.41 Å². The van der Waals surface area contributed by atoms with E-state index in [0.29, 0.717) is 19.8 Å². The number of ether oxygens (including phenoxy) is 2. The first-order valence-corrected chi connectivity index (χ1v) is 6.60. The minimum absolute atomic E-state index is 0.0119. The van der Waals surface area contributed by atoms with E-state index in [1.54, 1.807) is 0 Å². The van der Waals surface area contributed by atoms with Gasteiger partial charge in [-0.15, -0.1) is 0 Å². The summed E-state index contributed by atoms with van der Waals surface area (Å²) in [4.78, 5) is 2.20. The van der Waals surface area contributed by atoms with Crippen LogP contribution in [-0.2, 0) is 9.47 Å². The van der Waals surface area contributed by atoms with Crippen LogP contribution in [0.1, 0.15) is 26.7 Å². The van der Waals surface area contributed by atoms with Gasteiger partial charge in [0.15, 0.2) is 0 Å². The first-order valence-electron chi connectivity index (χ1n) is 6.60. The van der Waals surface area contributed by atoms with Gasteiger partial charge in [-0.25, -0.2) is 0 Å². The van der Waals surface area contributed by atoms with Crippen molar-refractivity contribution in [3.8, 4) is 0 Å². The largest absolute Gasteiger partial charge is 0.381 e. The summed E-state index contributed by atoms with van der Waals surface area (Å²) in [5.41, 5.74) is 5.92. The molecule has 0 fully saturated rings. The van der Waals surface area contributed by atoms with Crippen LogP contribution in [0, 0.1) is 5.41 Å². The normalized spacial score (nSPS) is 12.4. The van der Waals surface area contributed by atoms with E-state index in [4.69, 9.17) is 15.2 Å². The molecule has 0 rings (SSSR count). The summed E-state index contributed by atoms with van der Waals surface area (Å²) in [6.45, 7) is 8.62. The van der Waals surface area contributed by atoms with Crippen LogP contribution in [0.5, 0.6) is 0 Å². The third-order valence-electron chi connectivity index (χ3n) is 2.97.